The molecule has 0 spiro atoms. The van der Waals surface area contributed by atoms with Crippen LogP contribution in [-0.4, -0.2) is 29.8 Å². The van der Waals surface area contributed by atoms with Crippen LogP contribution >= 0.6 is 7.92 Å². The van der Waals surface area contributed by atoms with Gasteiger partial charge in [0.15, 0.2) is 0 Å². The van der Waals surface area contributed by atoms with E-state index in [9.17, 15) is 0 Å². The maximum absolute atomic E-state index is 4.52. The van der Waals surface area contributed by atoms with Gasteiger partial charge in [-0.2, -0.15) is 0 Å². The SMILES string of the molecule is CC(C)N(c1ccccc1[PH+](c1ccccc1N(C(C)C)C(C)C)C(C)C)C(C)C.[Cu].c1ccc2c(c1)[n-]c1ccccc12. The van der Waals surface area contributed by atoms with Gasteiger partial charge in [-0.3, -0.25) is 0 Å². The second kappa shape index (κ2) is 16.0. The number of aromatic nitrogens is 1. The van der Waals surface area contributed by atoms with Crippen molar-refractivity contribution in [2.75, 3.05) is 9.80 Å². The summed E-state index contributed by atoms with van der Waals surface area (Å²) in [6, 6.07) is 36.7. The van der Waals surface area contributed by atoms with Crippen LogP contribution in [0.25, 0.3) is 21.8 Å². The number of para-hydroxylation sites is 4. The van der Waals surface area contributed by atoms with E-state index in [1.807, 2.05) is 12.1 Å². The predicted octanol–water partition coefficient (Wildman–Crippen LogP) is 9.45. The van der Waals surface area contributed by atoms with Crippen LogP contribution in [0.3, 0.4) is 0 Å². The van der Waals surface area contributed by atoms with Gasteiger partial charge in [0.05, 0.1) is 25.0 Å². The van der Waals surface area contributed by atoms with Gasteiger partial charge in [0.25, 0.3) is 0 Å². The topological polar surface area (TPSA) is 20.6 Å². The summed E-state index contributed by atoms with van der Waals surface area (Å²) < 4.78 is 0. The summed E-state index contributed by atoms with van der Waals surface area (Å²) in [4.78, 5) is 9.70. The molecule has 1 aromatic heterocycles. The average Bonchev–Trinajstić information content (AvgIpc) is 3.33. The van der Waals surface area contributed by atoms with Crippen LogP contribution < -0.4 is 25.4 Å². The largest absolute Gasteiger partial charge is 0.657 e. The van der Waals surface area contributed by atoms with Crippen molar-refractivity contribution in [1.29, 1.82) is 0 Å². The Bertz CT molecular complexity index is 1470. The Balaban J connectivity index is 0.000000310. The smallest absolute Gasteiger partial charge is 0.120 e. The quantitative estimate of drug-likeness (QED) is 0.116. The average molecular weight is 657 g/mol. The monoisotopic (exact) mass is 656 g/mol. The summed E-state index contributed by atoms with van der Waals surface area (Å²) in [5.41, 5.74) is 5.60. The first kappa shape index (κ1) is 35.7. The molecule has 0 aliphatic heterocycles. The summed E-state index contributed by atoms with van der Waals surface area (Å²) in [6.45, 7) is 23.3. The third kappa shape index (κ3) is 7.89. The van der Waals surface area contributed by atoms with Crippen molar-refractivity contribution < 1.29 is 17.1 Å². The maximum atomic E-state index is 4.52. The Morgan fingerprint density at radius 3 is 1.11 bits per heavy atom. The first-order chi connectivity index (χ1) is 20.5. The van der Waals surface area contributed by atoms with E-state index in [0.29, 0.717) is 29.8 Å². The molecule has 5 heteroatoms. The van der Waals surface area contributed by atoms with Crippen molar-refractivity contribution in [3.8, 4) is 0 Å². The summed E-state index contributed by atoms with van der Waals surface area (Å²) >= 11 is 0. The van der Waals surface area contributed by atoms with E-state index in [4.69, 9.17) is 0 Å². The minimum atomic E-state index is -0.981. The zero-order chi connectivity index (χ0) is 31.3. The predicted molar refractivity (Wildman–Crippen MR) is 196 cm³/mol. The van der Waals surface area contributed by atoms with E-state index in [2.05, 4.69) is 169 Å². The molecular weight excluding hydrogens is 605 g/mol. The molecule has 1 radical (unpaired) electrons. The summed E-state index contributed by atoms with van der Waals surface area (Å²) in [6.07, 6.45) is 0. The van der Waals surface area contributed by atoms with Crippen LogP contribution in [0.15, 0.2) is 97.1 Å². The van der Waals surface area contributed by atoms with Crippen molar-refractivity contribution in [1.82, 2.24) is 4.98 Å². The van der Waals surface area contributed by atoms with Gasteiger partial charge in [-0.25, -0.2) is 0 Å². The van der Waals surface area contributed by atoms with Gasteiger partial charge in [-0.05, 0) is 104 Å². The van der Waals surface area contributed by atoms with Crippen LogP contribution in [0.1, 0.15) is 69.2 Å². The van der Waals surface area contributed by atoms with E-state index >= 15 is 0 Å². The zero-order valence-electron chi connectivity index (χ0n) is 28.3. The second-order valence-corrected chi connectivity index (χ2v) is 16.0. The standard InChI is InChI=1S/C27H43N2P.C12H8N.Cu/c1-19(2)28(20(3)4)24-15-11-13-17-26(24)30(23(9)10)27-18-14-12-16-25(27)29(21(5)6)22(7)8;1-3-7-11-9(5-1)10-6-2-4-8-12(10)13-11;/h11-23H,1-10H3;1-8H;/q;-1;/p+1. The fourth-order valence-corrected chi connectivity index (χ4v) is 9.72. The van der Waals surface area contributed by atoms with Crippen LogP contribution in [0.2, 0.25) is 0 Å². The number of hydrogen-bond donors (Lipinski definition) is 0. The van der Waals surface area contributed by atoms with Crippen molar-refractivity contribution >= 4 is 51.7 Å². The first-order valence-corrected chi connectivity index (χ1v) is 17.6. The molecule has 0 saturated heterocycles. The van der Waals surface area contributed by atoms with Crippen LogP contribution in [-0.2, 0) is 17.1 Å². The molecule has 5 aromatic rings. The molecule has 0 bridgehead atoms. The molecular formula is C39H52CuN3P. The number of hydrogen-bond acceptors (Lipinski definition) is 2. The molecule has 0 saturated carbocycles. The molecule has 5 rings (SSSR count). The van der Waals surface area contributed by atoms with Gasteiger partial charge in [0.1, 0.15) is 10.6 Å². The molecule has 1 heterocycles. The minimum Gasteiger partial charge on any atom is -0.657 e. The van der Waals surface area contributed by atoms with Crippen molar-refractivity contribution in [2.45, 2.75) is 99.1 Å². The molecule has 0 atom stereocenters. The Hall–Kier alpha value is -2.77. The molecule has 3 nitrogen and oxygen atoms in total. The van der Waals surface area contributed by atoms with Gasteiger partial charge in [-0.1, -0.05) is 72.8 Å². The molecule has 0 aliphatic rings. The number of benzene rings is 4. The van der Waals surface area contributed by atoms with E-state index in [1.54, 1.807) is 10.6 Å². The third-order valence-electron chi connectivity index (χ3n) is 8.09. The van der Waals surface area contributed by atoms with E-state index in [0.717, 1.165) is 11.0 Å². The van der Waals surface area contributed by atoms with Crippen molar-refractivity contribution in [2.24, 2.45) is 0 Å². The normalized spacial score (nSPS) is 11.5. The molecule has 0 N–H and O–H groups in total. The fraction of sp³-hybridized carbons (Fsp3) is 0.385. The molecule has 4 aromatic carbocycles. The zero-order valence-corrected chi connectivity index (χ0v) is 30.2. The van der Waals surface area contributed by atoms with Gasteiger partial charge in [-0.15, -0.1) is 11.0 Å². The minimum absolute atomic E-state index is 0. The maximum Gasteiger partial charge on any atom is 0.120 e. The van der Waals surface area contributed by atoms with E-state index in [-0.39, 0.29) is 17.1 Å². The van der Waals surface area contributed by atoms with Crippen LogP contribution in [0.4, 0.5) is 11.4 Å². The number of anilines is 2. The number of rotatable bonds is 9. The van der Waals surface area contributed by atoms with Gasteiger partial charge in [0, 0.05) is 41.2 Å². The Morgan fingerprint density at radius 2 is 0.773 bits per heavy atom. The first-order valence-electron chi connectivity index (χ1n) is 16.0. The van der Waals surface area contributed by atoms with Crippen LogP contribution in [0, 0.1) is 0 Å². The fourth-order valence-electron chi connectivity index (χ4n) is 6.65. The van der Waals surface area contributed by atoms with Crippen LogP contribution in [0.5, 0.6) is 0 Å². The van der Waals surface area contributed by atoms with Gasteiger partial charge >= 0.3 is 0 Å². The van der Waals surface area contributed by atoms with Crippen molar-refractivity contribution in [3.63, 3.8) is 0 Å². The second-order valence-electron chi connectivity index (χ2n) is 12.9. The molecule has 0 unspecified atom stereocenters. The third-order valence-corrected chi connectivity index (χ3v) is 11.2. The Kier molecular flexibility index (Phi) is 13.0. The summed E-state index contributed by atoms with van der Waals surface area (Å²) in [5.74, 6) is 0. The Labute approximate surface area is 278 Å². The van der Waals surface area contributed by atoms with Crippen molar-refractivity contribution in [3.05, 3.63) is 97.1 Å². The van der Waals surface area contributed by atoms with E-state index in [1.165, 1.54) is 22.1 Å². The van der Waals surface area contributed by atoms with Gasteiger partial charge in [0.2, 0.25) is 0 Å². The number of nitrogens with zero attached hydrogens (tertiary/aromatic N) is 3. The molecule has 239 valence electrons. The van der Waals surface area contributed by atoms with E-state index < -0.39 is 7.92 Å². The molecule has 0 amide bonds. The molecule has 44 heavy (non-hydrogen) atoms. The molecule has 0 aliphatic carbocycles. The Morgan fingerprint density at radius 1 is 0.455 bits per heavy atom. The van der Waals surface area contributed by atoms with Gasteiger partial charge < -0.3 is 14.8 Å². The number of fused-ring (bicyclic) bond motifs is 3. The summed E-state index contributed by atoms with van der Waals surface area (Å²) in [5, 5.41) is 5.58. The summed E-state index contributed by atoms with van der Waals surface area (Å²) in [7, 11) is -0.981. The molecule has 0 fully saturated rings.